The first-order chi connectivity index (χ1) is 21.7. The van der Waals surface area contributed by atoms with Gasteiger partial charge in [-0.05, 0) is 0 Å². The maximum atomic E-state index is 2.32. The molecule has 0 nitrogen and oxygen atoms in total. The van der Waals surface area contributed by atoms with Gasteiger partial charge in [0.15, 0.2) is 0 Å². The molecule has 0 saturated heterocycles. The van der Waals surface area contributed by atoms with Crippen molar-refractivity contribution in [3.05, 3.63) is 0 Å². The lowest BCUT2D eigenvalue weighted by atomic mass is 10.1. The molecule has 0 N–H and O–H groups in total. The van der Waals surface area contributed by atoms with Crippen LogP contribution in [0.2, 0.25) is 31.7 Å². The number of hydrogen-bond acceptors (Lipinski definition) is 0. The van der Waals surface area contributed by atoms with Crippen LogP contribution in [-0.2, 0) is 0 Å². The summed E-state index contributed by atoms with van der Waals surface area (Å²) >= 11 is -0.772. The van der Waals surface area contributed by atoms with Crippen LogP contribution in [0.25, 0.3) is 0 Å². The van der Waals surface area contributed by atoms with Crippen LogP contribution in [-0.4, -0.2) is 28.3 Å². The summed E-state index contributed by atoms with van der Waals surface area (Å²) in [7, 11) is 0. The molecule has 0 aromatic heterocycles. The Morgan fingerprint density at radius 2 is 0.318 bits per heavy atom. The van der Waals surface area contributed by atoms with Gasteiger partial charge in [-0.25, -0.2) is 0 Å². The first kappa shape index (κ1) is 47.2. The molecule has 0 fully saturated rings. The molecule has 0 spiro atoms. The Morgan fingerprint density at radius 3 is 0.500 bits per heavy atom. The summed E-state index contributed by atoms with van der Waals surface area (Å²) in [6.45, 7) is 13.9. The van der Waals surface area contributed by atoms with Gasteiger partial charge in [-0.2, -0.15) is 0 Å². The van der Waals surface area contributed by atoms with Crippen LogP contribution in [0.1, 0.15) is 234 Å². The highest BCUT2D eigenvalue weighted by atomic mass is 27.2. The van der Waals surface area contributed by atoms with E-state index in [9.17, 15) is 0 Å². The first-order valence-electron chi connectivity index (χ1n) is 21.7. The van der Waals surface area contributed by atoms with E-state index in [-0.39, 0.29) is 14.1 Å². The highest BCUT2D eigenvalue weighted by molar-refractivity contribution is 6.59. The predicted molar refractivity (Wildman–Crippen MR) is 213 cm³/mol. The molecule has 0 aliphatic carbocycles. The Hall–Kier alpha value is 1.06. The summed E-state index contributed by atoms with van der Waals surface area (Å²) in [6.07, 6.45) is 44.4. The zero-order chi connectivity index (χ0) is 32.6. The van der Waals surface area contributed by atoms with Gasteiger partial charge in [0.2, 0.25) is 0 Å². The highest BCUT2D eigenvalue weighted by Gasteiger charge is 2.16. The first-order valence-corrected chi connectivity index (χ1v) is 26.6. The highest BCUT2D eigenvalue weighted by Crippen LogP contribution is 2.21. The SMILES string of the molecule is CCCCCCC[CH2][Al]([CH2]CCCCCCC)[CH2]CCCCCCC.CCCCC[CH2][Al]([CH2]CCCCC)[CH2]CCCCC. The van der Waals surface area contributed by atoms with E-state index in [1.54, 1.807) is 70.2 Å². The molecule has 2 heteroatoms. The van der Waals surface area contributed by atoms with Gasteiger partial charge < -0.3 is 0 Å². The van der Waals surface area contributed by atoms with E-state index < -0.39 is 14.1 Å². The maximum absolute atomic E-state index is 2.32. The normalized spacial score (nSPS) is 11.0. The molecule has 0 aromatic rings. The third-order valence-corrected chi connectivity index (χ3v) is 17.6. The van der Waals surface area contributed by atoms with Crippen LogP contribution in [0.5, 0.6) is 0 Å². The van der Waals surface area contributed by atoms with Crippen molar-refractivity contribution in [2.24, 2.45) is 0 Å². The third kappa shape index (κ3) is 41.1. The van der Waals surface area contributed by atoms with E-state index in [0.717, 1.165) is 0 Å². The Balaban J connectivity index is 0. The zero-order valence-electron chi connectivity index (χ0n) is 32.6. The summed E-state index contributed by atoms with van der Waals surface area (Å²) in [4.78, 5) is 0. The number of unbranched alkanes of at least 4 members (excludes halogenated alkanes) is 24. The molecular formula is C42H90Al2. The van der Waals surface area contributed by atoms with E-state index in [1.807, 2.05) is 0 Å². The fraction of sp³-hybridized carbons (Fsp3) is 1.00. The monoisotopic (exact) mass is 649 g/mol. The summed E-state index contributed by atoms with van der Waals surface area (Å²) in [5, 5.41) is 9.94. The van der Waals surface area contributed by atoms with Crippen molar-refractivity contribution in [3.63, 3.8) is 0 Å². The van der Waals surface area contributed by atoms with Crippen LogP contribution in [0.4, 0.5) is 0 Å². The Kier molecular flexibility index (Phi) is 47.3. The minimum Gasteiger partial charge on any atom is -0.0939 e. The minimum absolute atomic E-state index is 0.362. The summed E-state index contributed by atoms with van der Waals surface area (Å²) in [5.41, 5.74) is 0. The second-order valence-corrected chi connectivity index (χ2v) is 21.9. The Bertz CT molecular complexity index is 398. The molecule has 0 unspecified atom stereocenters. The van der Waals surface area contributed by atoms with Crippen molar-refractivity contribution in [1.29, 1.82) is 0 Å². The van der Waals surface area contributed by atoms with Crippen LogP contribution in [0, 0.1) is 0 Å². The van der Waals surface area contributed by atoms with E-state index in [2.05, 4.69) is 41.5 Å². The van der Waals surface area contributed by atoms with Crippen molar-refractivity contribution < 1.29 is 0 Å². The molecule has 0 amide bonds. The summed E-state index contributed by atoms with van der Waals surface area (Å²) in [5.74, 6) is 0. The van der Waals surface area contributed by atoms with Crippen molar-refractivity contribution in [1.82, 2.24) is 0 Å². The molecule has 0 atom stereocenters. The molecule has 44 heavy (non-hydrogen) atoms. The van der Waals surface area contributed by atoms with E-state index in [4.69, 9.17) is 0 Å². The zero-order valence-corrected chi connectivity index (χ0v) is 34.9. The second-order valence-electron chi connectivity index (χ2n) is 14.9. The Labute approximate surface area is 292 Å². The van der Waals surface area contributed by atoms with Gasteiger partial charge in [0, 0.05) is 0 Å². The van der Waals surface area contributed by atoms with Gasteiger partial charge in [0.05, 0.1) is 0 Å². The predicted octanol–water partition coefficient (Wildman–Crippen LogP) is 16.8. The van der Waals surface area contributed by atoms with Crippen LogP contribution >= 0.6 is 0 Å². The Morgan fingerprint density at radius 1 is 0.182 bits per heavy atom. The second kappa shape index (κ2) is 44.1. The minimum atomic E-state index is -0.410. The molecule has 0 radical (unpaired) electrons. The molecule has 0 aromatic carbocycles. The van der Waals surface area contributed by atoms with Crippen molar-refractivity contribution in [2.45, 2.75) is 266 Å². The lowest BCUT2D eigenvalue weighted by Crippen LogP contribution is -2.12. The molecule has 0 rings (SSSR count). The summed E-state index contributed by atoms with van der Waals surface area (Å²) in [6, 6.07) is 0. The molecule has 0 bridgehead atoms. The lowest BCUT2D eigenvalue weighted by molar-refractivity contribution is 0.610. The smallest absolute Gasteiger partial charge is 0.0939 e. The quantitative estimate of drug-likeness (QED) is 0.0468. The van der Waals surface area contributed by atoms with Gasteiger partial charge in [0.1, 0.15) is 0 Å². The van der Waals surface area contributed by atoms with Crippen molar-refractivity contribution >= 4 is 28.3 Å². The van der Waals surface area contributed by atoms with Crippen LogP contribution < -0.4 is 0 Å². The fourth-order valence-corrected chi connectivity index (χ4v) is 14.0. The fourth-order valence-electron chi connectivity index (χ4n) is 7.09. The van der Waals surface area contributed by atoms with Gasteiger partial charge in [-0.1, -0.05) is 266 Å². The average molecular weight is 649 g/mol. The van der Waals surface area contributed by atoms with E-state index >= 15 is 0 Å². The third-order valence-electron chi connectivity index (χ3n) is 10.3. The van der Waals surface area contributed by atoms with Gasteiger partial charge in [0.25, 0.3) is 28.3 Å². The molecule has 0 aliphatic rings. The number of rotatable bonds is 36. The molecule has 0 saturated carbocycles. The van der Waals surface area contributed by atoms with Gasteiger partial charge >= 0.3 is 0 Å². The van der Waals surface area contributed by atoms with Gasteiger partial charge in [-0.3, -0.25) is 0 Å². The molecule has 0 heterocycles. The maximum Gasteiger partial charge on any atom is 0.261 e. The number of hydrogen-bond donors (Lipinski definition) is 0. The topological polar surface area (TPSA) is 0 Å². The summed E-state index contributed by atoms with van der Waals surface area (Å²) < 4.78 is 0. The molecule has 264 valence electrons. The largest absolute Gasteiger partial charge is 0.261 e. The molecule has 0 aliphatic heterocycles. The molecular weight excluding hydrogens is 558 g/mol. The average Bonchev–Trinajstić information content (AvgIpc) is 3.04. The van der Waals surface area contributed by atoms with Crippen LogP contribution in [0.3, 0.4) is 0 Å². The standard InChI is InChI=1S/3C8H17.3C6H13.2Al/c3*1-3-5-7-8-6-4-2;3*1-3-5-6-4-2;;/h3*1,3-8H2,2H3;3*1,3-6H2,2H3;;. The van der Waals surface area contributed by atoms with Crippen molar-refractivity contribution in [2.75, 3.05) is 0 Å². The van der Waals surface area contributed by atoms with E-state index in [1.165, 1.54) is 154 Å². The van der Waals surface area contributed by atoms with Gasteiger partial charge in [-0.15, -0.1) is 0 Å². The van der Waals surface area contributed by atoms with E-state index in [0.29, 0.717) is 0 Å². The van der Waals surface area contributed by atoms with Crippen molar-refractivity contribution in [3.8, 4) is 0 Å². The van der Waals surface area contributed by atoms with Crippen LogP contribution in [0.15, 0.2) is 0 Å². The lowest BCUT2D eigenvalue weighted by Gasteiger charge is -2.12.